The first-order valence-electron chi connectivity index (χ1n) is 12.5. The van der Waals surface area contributed by atoms with Crippen LogP contribution in [0.5, 0.6) is 23.0 Å². The summed E-state index contributed by atoms with van der Waals surface area (Å²) >= 11 is 1.27. The van der Waals surface area contributed by atoms with Crippen LogP contribution in [0.2, 0.25) is 0 Å². The molecule has 0 saturated carbocycles. The van der Waals surface area contributed by atoms with Gasteiger partial charge < -0.3 is 18.9 Å². The second-order valence-electron chi connectivity index (χ2n) is 9.01. The SMILES string of the molecule is COc1cc(C=C2C(=N)N3N=C(c4cccc(C)c4)SC3=NC2=O)cc(OC)c1OCCOc1ccccc1C. The van der Waals surface area contributed by atoms with Gasteiger partial charge >= 0.3 is 0 Å². The molecule has 0 aromatic heterocycles. The molecule has 204 valence electrons. The Morgan fingerprint density at radius 2 is 1.65 bits per heavy atom. The highest BCUT2D eigenvalue weighted by Crippen LogP contribution is 2.40. The van der Waals surface area contributed by atoms with Crippen LogP contribution < -0.4 is 18.9 Å². The van der Waals surface area contributed by atoms with E-state index in [-0.39, 0.29) is 18.0 Å². The number of fused-ring (bicyclic) bond motifs is 1. The maximum Gasteiger partial charge on any atom is 0.283 e. The lowest BCUT2D eigenvalue weighted by Gasteiger charge is -2.20. The number of thioether (sulfide) groups is 1. The first-order valence-corrected chi connectivity index (χ1v) is 13.3. The number of benzene rings is 3. The van der Waals surface area contributed by atoms with Crippen molar-refractivity contribution in [1.29, 1.82) is 5.41 Å². The van der Waals surface area contributed by atoms with Crippen LogP contribution in [0.4, 0.5) is 0 Å². The third kappa shape index (κ3) is 5.57. The minimum atomic E-state index is -0.518. The van der Waals surface area contributed by atoms with Gasteiger partial charge in [-0.15, -0.1) is 0 Å². The largest absolute Gasteiger partial charge is 0.493 e. The standard InChI is InChI=1S/C30H28N4O5S/c1-18-8-7-10-21(14-18)29-33-34-27(31)22(28(35)32-30(34)40-29)15-20-16-24(36-3)26(25(17-20)37-4)39-13-12-38-23-11-6-5-9-19(23)2/h5-11,14-17,31H,12-13H2,1-4H3. The molecule has 0 saturated heterocycles. The Labute approximate surface area is 236 Å². The average molecular weight is 557 g/mol. The minimum absolute atomic E-state index is 0.0585. The highest BCUT2D eigenvalue weighted by atomic mass is 32.2. The summed E-state index contributed by atoms with van der Waals surface area (Å²) in [7, 11) is 3.05. The van der Waals surface area contributed by atoms with Crippen molar-refractivity contribution in [2.24, 2.45) is 10.1 Å². The number of carbonyl (C=O) groups excluding carboxylic acids is 1. The van der Waals surface area contributed by atoms with Crippen molar-refractivity contribution in [3.8, 4) is 23.0 Å². The Hall–Kier alpha value is -4.57. The zero-order valence-electron chi connectivity index (χ0n) is 22.6. The summed E-state index contributed by atoms with van der Waals surface area (Å²) < 4.78 is 22.9. The van der Waals surface area contributed by atoms with Crippen LogP contribution in [0.3, 0.4) is 0 Å². The smallest absolute Gasteiger partial charge is 0.283 e. The number of hydrogen-bond donors (Lipinski definition) is 1. The molecule has 2 heterocycles. The Morgan fingerprint density at radius 3 is 2.35 bits per heavy atom. The van der Waals surface area contributed by atoms with Gasteiger partial charge in [0.15, 0.2) is 17.3 Å². The number of hydrazone groups is 1. The summed E-state index contributed by atoms with van der Waals surface area (Å²) in [5, 5.41) is 15.7. The fourth-order valence-electron chi connectivity index (χ4n) is 4.19. The number of para-hydroxylation sites is 1. The Morgan fingerprint density at radius 1 is 0.925 bits per heavy atom. The van der Waals surface area contributed by atoms with Crippen molar-refractivity contribution >= 4 is 39.8 Å². The van der Waals surface area contributed by atoms with Gasteiger partial charge in [0.1, 0.15) is 24.0 Å². The maximum atomic E-state index is 13.0. The molecule has 3 aromatic carbocycles. The molecule has 0 fully saturated rings. The highest BCUT2D eigenvalue weighted by Gasteiger charge is 2.36. The number of methoxy groups -OCH3 is 2. The van der Waals surface area contributed by atoms with Gasteiger partial charge in [0.25, 0.3) is 5.91 Å². The lowest BCUT2D eigenvalue weighted by molar-refractivity contribution is -0.114. The first kappa shape index (κ1) is 27.0. The van der Waals surface area contributed by atoms with E-state index in [1.54, 1.807) is 18.2 Å². The molecule has 0 bridgehead atoms. The molecular formula is C30H28N4O5S. The number of aliphatic imine (C=N–C) groups is 1. The Balaban J connectivity index is 1.36. The number of amidine groups is 2. The quantitative estimate of drug-likeness (QED) is 0.276. The van der Waals surface area contributed by atoms with E-state index < -0.39 is 5.91 Å². The van der Waals surface area contributed by atoms with Crippen LogP contribution in [0.1, 0.15) is 22.3 Å². The predicted molar refractivity (Wildman–Crippen MR) is 157 cm³/mol. The molecule has 0 unspecified atom stereocenters. The van der Waals surface area contributed by atoms with Gasteiger partial charge in [-0.05, 0) is 67.1 Å². The van der Waals surface area contributed by atoms with E-state index in [9.17, 15) is 4.79 Å². The molecule has 0 atom stereocenters. The zero-order chi connectivity index (χ0) is 28.2. The highest BCUT2D eigenvalue weighted by molar-refractivity contribution is 8.27. The van der Waals surface area contributed by atoms with Gasteiger partial charge in [0, 0.05) is 5.56 Å². The summed E-state index contributed by atoms with van der Waals surface area (Å²) in [5.74, 6) is 1.46. The van der Waals surface area contributed by atoms with E-state index >= 15 is 0 Å². The number of carbonyl (C=O) groups is 1. The number of hydrogen-bond acceptors (Lipinski definition) is 8. The van der Waals surface area contributed by atoms with Crippen molar-refractivity contribution in [1.82, 2.24) is 5.01 Å². The van der Waals surface area contributed by atoms with Crippen LogP contribution in [0, 0.1) is 19.3 Å². The zero-order valence-corrected chi connectivity index (χ0v) is 23.4. The van der Waals surface area contributed by atoms with Crippen molar-refractivity contribution in [3.05, 3.63) is 88.5 Å². The van der Waals surface area contributed by atoms with E-state index in [0.29, 0.717) is 39.6 Å². The average Bonchev–Trinajstić information content (AvgIpc) is 3.38. The van der Waals surface area contributed by atoms with Crippen molar-refractivity contribution in [2.45, 2.75) is 13.8 Å². The number of nitrogens with zero attached hydrogens (tertiary/aromatic N) is 3. The molecule has 40 heavy (non-hydrogen) atoms. The van der Waals surface area contributed by atoms with Crippen LogP contribution in [0.25, 0.3) is 6.08 Å². The van der Waals surface area contributed by atoms with E-state index in [4.69, 9.17) is 24.4 Å². The van der Waals surface area contributed by atoms with Crippen molar-refractivity contribution < 1.29 is 23.7 Å². The van der Waals surface area contributed by atoms with Gasteiger partial charge in [-0.3, -0.25) is 10.2 Å². The minimum Gasteiger partial charge on any atom is -0.493 e. The van der Waals surface area contributed by atoms with Gasteiger partial charge in [-0.2, -0.15) is 15.1 Å². The van der Waals surface area contributed by atoms with Crippen molar-refractivity contribution in [3.63, 3.8) is 0 Å². The van der Waals surface area contributed by atoms with E-state index in [1.807, 2.05) is 62.4 Å². The van der Waals surface area contributed by atoms with Gasteiger partial charge in [-0.25, -0.2) is 0 Å². The fourth-order valence-corrected chi connectivity index (χ4v) is 5.08. The number of ether oxygens (including phenoxy) is 4. The normalized spacial score (nSPS) is 15.5. The molecule has 2 aliphatic rings. The van der Waals surface area contributed by atoms with Crippen LogP contribution in [0.15, 0.2) is 76.3 Å². The Kier molecular flexibility index (Phi) is 7.88. The van der Waals surface area contributed by atoms with Crippen LogP contribution in [-0.4, -0.2) is 54.4 Å². The molecule has 0 radical (unpaired) electrons. The summed E-state index contributed by atoms with van der Waals surface area (Å²) in [6.07, 6.45) is 1.58. The fraction of sp³-hybridized carbons (Fsp3) is 0.200. The molecule has 9 nitrogen and oxygen atoms in total. The second-order valence-corrected chi connectivity index (χ2v) is 9.97. The molecular weight excluding hydrogens is 528 g/mol. The second kappa shape index (κ2) is 11.7. The monoisotopic (exact) mass is 556 g/mol. The van der Waals surface area contributed by atoms with E-state index in [0.717, 1.165) is 22.4 Å². The van der Waals surface area contributed by atoms with Crippen LogP contribution in [-0.2, 0) is 4.79 Å². The number of nitrogens with one attached hydrogen (secondary N) is 1. The molecule has 10 heteroatoms. The van der Waals surface area contributed by atoms with Crippen LogP contribution >= 0.6 is 11.8 Å². The molecule has 2 aliphatic heterocycles. The predicted octanol–water partition coefficient (Wildman–Crippen LogP) is 5.45. The molecule has 1 N–H and O–H groups in total. The third-order valence-electron chi connectivity index (χ3n) is 6.19. The summed E-state index contributed by atoms with van der Waals surface area (Å²) in [6, 6.07) is 19.1. The summed E-state index contributed by atoms with van der Waals surface area (Å²) in [5.41, 5.74) is 3.72. The topological polar surface area (TPSA) is 106 Å². The van der Waals surface area contributed by atoms with Gasteiger partial charge in [-0.1, -0.05) is 42.0 Å². The lowest BCUT2D eigenvalue weighted by Crippen LogP contribution is -2.35. The first-order chi connectivity index (χ1) is 19.4. The third-order valence-corrected chi connectivity index (χ3v) is 7.15. The van der Waals surface area contributed by atoms with Crippen molar-refractivity contribution in [2.75, 3.05) is 27.4 Å². The summed E-state index contributed by atoms with van der Waals surface area (Å²) in [4.78, 5) is 17.1. The Bertz CT molecular complexity index is 1550. The summed E-state index contributed by atoms with van der Waals surface area (Å²) in [6.45, 7) is 4.57. The molecule has 1 amide bonds. The van der Waals surface area contributed by atoms with Gasteiger partial charge in [0.2, 0.25) is 10.9 Å². The molecule has 3 aromatic rings. The maximum absolute atomic E-state index is 13.0. The number of aryl methyl sites for hydroxylation is 2. The van der Waals surface area contributed by atoms with Gasteiger partial charge in [0.05, 0.1) is 19.8 Å². The van der Waals surface area contributed by atoms with E-state index in [2.05, 4.69) is 10.1 Å². The lowest BCUT2D eigenvalue weighted by atomic mass is 10.1. The number of rotatable bonds is 9. The van der Waals surface area contributed by atoms with E-state index in [1.165, 1.54) is 31.0 Å². The molecule has 0 aliphatic carbocycles. The number of amides is 1. The molecule has 5 rings (SSSR count). The molecule has 0 spiro atoms.